The average molecular weight is 281 g/mol. The van der Waals surface area contributed by atoms with Gasteiger partial charge in [-0.1, -0.05) is 53.2 Å². The lowest BCUT2D eigenvalue weighted by Crippen LogP contribution is -2.21. The second kappa shape index (κ2) is 5.35. The monoisotopic (exact) mass is 280 g/mol. The zero-order chi connectivity index (χ0) is 11.4. The highest BCUT2D eigenvalue weighted by atomic mass is 79.9. The topological polar surface area (TPSA) is 0 Å². The zero-order valence-electron chi connectivity index (χ0n) is 10.1. The number of rotatable bonds is 6. The average Bonchev–Trinajstić information content (AvgIpc) is 3.14. The van der Waals surface area contributed by atoms with Crippen LogP contribution in [0, 0.1) is 11.3 Å². The molecule has 1 aromatic carbocycles. The normalized spacial score (nSPS) is 19.4. The van der Waals surface area contributed by atoms with Gasteiger partial charge in [0, 0.05) is 5.33 Å². The highest BCUT2D eigenvalue weighted by Gasteiger charge is 2.39. The van der Waals surface area contributed by atoms with Crippen LogP contribution in [0.3, 0.4) is 0 Å². The maximum absolute atomic E-state index is 3.70. The van der Waals surface area contributed by atoms with Crippen molar-refractivity contribution in [2.75, 3.05) is 5.33 Å². The molecule has 1 unspecified atom stereocenters. The van der Waals surface area contributed by atoms with Crippen LogP contribution in [-0.2, 0) is 6.42 Å². The Morgan fingerprint density at radius 2 is 1.94 bits per heavy atom. The predicted octanol–water partition coefficient (Wildman–Crippen LogP) is 4.82. The minimum atomic E-state index is 0.550. The molecule has 0 aromatic heterocycles. The first-order chi connectivity index (χ1) is 7.74. The minimum absolute atomic E-state index is 0.550. The number of alkyl halides is 1. The van der Waals surface area contributed by atoms with Crippen molar-refractivity contribution in [2.45, 2.75) is 39.0 Å². The van der Waals surface area contributed by atoms with Gasteiger partial charge in [0.05, 0.1) is 0 Å². The summed E-state index contributed by atoms with van der Waals surface area (Å²) >= 11 is 3.70. The van der Waals surface area contributed by atoms with Crippen LogP contribution in [0.1, 0.15) is 38.2 Å². The highest BCUT2D eigenvalue weighted by Crippen LogP contribution is 2.49. The van der Waals surface area contributed by atoms with Crippen molar-refractivity contribution in [3.05, 3.63) is 35.9 Å². The van der Waals surface area contributed by atoms with Crippen molar-refractivity contribution >= 4 is 15.9 Å². The van der Waals surface area contributed by atoms with Gasteiger partial charge < -0.3 is 0 Å². The molecule has 1 aliphatic carbocycles. The first-order valence-corrected chi connectivity index (χ1v) is 7.47. The summed E-state index contributed by atoms with van der Waals surface area (Å²) in [6.45, 7) is 2.45. The molecule has 1 aliphatic rings. The molecule has 1 heteroatoms. The summed E-state index contributed by atoms with van der Waals surface area (Å²) < 4.78 is 0. The van der Waals surface area contributed by atoms with Gasteiger partial charge in [-0.15, -0.1) is 0 Å². The van der Waals surface area contributed by atoms with Crippen molar-refractivity contribution in [3.63, 3.8) is 0 Å². The van der Waals surface area contributed by atoms with Crippen molar-refractivity contribution in [1.82, 2.24) is 0 Å². The summed E-state index contributed by atoms with van der Waals surface area (Å²) in [5.41, 5.74) is 2.03. The number of hydrogen-bond donors (Lipinski definition) is 0. The van der Waals surface area contributed by atoms with Crippen LogP contribution in [0.5, 0.6) is 0 Å². The fourth-order valence-electron chi connectivity index (χ4n) is 2.50. The molecule has 0 heterocycles. The second-order valence-corrected chi connectivity index (χ2v) is 5.96. The van der Waals surface area contributed by atoms with Crippen LogP contribution >= 0.6 is 15.9 Å². The Kier molecular flexibility index (Phi) is 4.07. The van der Waals surface area contributed by atoms with E-state index in [0.717, 1.165) is 5.92 Å². The Balaban J connectivity index is 1.79. The largest absolute Gasteiger partial charge is 0.0922 e. The van der Waals surface area contributed by atoms with Gasteiger partial charge in [0.1, 0.15) is 0 Å². The molecule has 0 N–H and O–H groups in total. The molecule has 0 spiro atoms. The summed E-state index contributed by atoms with van der Waals surface area (Å²) in [6, 6.07) is 10.8. The molecule has 2 rings (SSSR count). The Bertz CT molecular complexity index is 315. The molecule has 1 fully saturated rings. The number of halogens is 1. The molecular weight excluding hydrogens is 260 g/mol. The van der Waals surface area contributed by atoms with Crippen LogP contribution in [-0.4, -0.2) is 5.33 Å². The van der Waals surface area contributed by atoms with E-state index in [1.165, 1.54) is 43.0 Å². The summed E-state index contributed by atoms with van der Waals surface area (Å²) in [7, 11) is 0. The van der Waals surface area contributed by atoms with E-state index in [4.69, 9.17) is 0 Å². The summed E-state index contributed by atoms with van der Waals surface area (Å²) in [5.74, 6) is 0.989. The molecule has 0 nitrogen and oxygen atoms in total. The number of benzene rings is 1. The SMILES string of the molecule is CC(CBr)(CCCc1ccccc1)C1CC1. The molecule has 1 atom stereocenters. The van der Waals surface area contributed by atoms with Gasteiger partial charge in [-0.3, -0.25) is 0 Å². The van der Waals surface area contributed by atoms with Gasteiger partial charge in [0.25, 0.3) is 0 Å². The summed E-state index contributed by atoms with van der Waals surface area (Å²) in [5, 5.41) is 1.17. The second-order valence-electron chi connectivity index (χ2n) is 5.40. The summed E-state index contributed by atoms with van der Waals surface area (Å²) in [6.07, 6.45) is 6.82. The molecule has 1 saturated carbocycles. The van der Waals surface area contributed by atoms with Crippen molar-refractivity contribution < 1.29 is 0 Å². The lowest BCUT2D eigenvalue weighted by Gasteiger charge is -2.27. The van der Waals surface area contributed by atoms with E-state index >= 15 is 0 Å². The van der Waals surface area contributed by atoms with E-state index in [1.807, 2.05) is 0 Å². The third-order valence-corrected chi connectivity index (χ3v) is 5.21. The molecule has 0 bridgehead atoms. The van der Waals surface area contributed by atoms with Crippen molar-refractivity contribution in [2.24, 2.45) is 11.3 Å². The molecular formula is C15H21Br. The number of hydrogen-bond acceptors (Lipinski definition) is 0. The van der Waals surface area contributed by atoms with Crippen molar-refractivity contribution in [3.8, 4) is 0 Å². The predicted molar refractivity (Wildman–Crippen MR) is 74.0 cm³/mol. The Hall–Kier alpha value is -0.300. The van der Waals surface area contributed by atoms with E-state index < -0.39 is 0 Å². The van der Waals surface area contributed by atoms with Crippen LogP contribution < -0.4 is 0 Å². The van der Waals surface area contributed by atoms with Gasteiger partial charge in [-0.05, 0) is 49.0 Å². The van der Waals surface area contributed by atoms with Gasteiger partial charge >= 0.3 is 0 Å². The van der Waals surface area contributed by atoms with E-state index in [0.29, 0.717) is 5.41 Å². The molecule has 0 radical (unpaired) electrons. The van der Waals surface area contributed by atoms with E-state index in [9.17, 15) is 0 Å². The quantitative estimate of drug-likeness (QED) is 0.656. The van der Waals surface area contributed by atoms with Crippen LogP contribution in [0.15, 0.2) is 30.3 Å². The summed E-state index contributed by atoms with van der Waals surface area (Å²) in [4.78, 5) is 0. The first-order valence-electron chi connectivity index (χ1n) is 6.34. The van der Waals surface area contributed by atoms with E-state index in [1.54, 1.807) is 0 Å². The maximum Gasteiger partial charge on any atom is 0.00879 e. The van der Waals surface area contributed by atoms with Crippen LogP contribution in [0.4, 0.5) is 0 Å². The van der Waals surface area contributed by atoms with Crippen molar-refractivity contribution in [1.29, 1.82) is 0 Å². The minimum Gasteiger partial charge on any atom is -0.0922 e. The Morgan fingerprint density at radius 1 is 1.25 bits per heavy atom. The molecule has 1 aromatic rings. The van der Waals surface area contributed by atoms with Gasteiger partial charge in [0.15, 0.2) is 0 Å². The lowest BCUT2D eigenvalue weighted by atomic mass is 9.82. The first kappa shape index (κ1) is 12.2. The zero-order valence-corrected chi connectivity index (χ0v) is 11.7. The smallest absolute Gasteiger partial charge is 0.00879 e. The third-order valence-electron chi connectivity index (χ3n) is 3.92. The lowest BCUT2D eigenvalue weighted by molar-refractivity contribution is 0.286. The standard InChI is InChI=1S/C15H21Br/c1-15(12-16,14-9-10-14)11-5-8-13-6-3-2-4-7-13/h2-4,6-7,14H,5,8-12H2,1H3. The molecule has 88 valence electrons. The molecule has 0 saturated heterocycles. The molecule has 16 heavy (non-hydrogen) atoms. The Morgan fingerprint density at radius 3 is 2.50 bits per heavy atom. The maximum atomic E-state index is 3.70. The Labute approximate surface area is 108 Å². The van der Waals surface area contributed by atoms with Gasteiger partial charge in [0.2, 0.25) is 0 Å². The third kappa shape index (κ3) is 3.10. The molecule has 0 aliphatic heterocycles. The van der Waals surface area contributed by atoms with Crippen LogP contribution in [0.2, 0.25) is 0 Å². The van der Waals surface area contributed by atoms with Gasteiger partial charge in [-0.2, -0.15) is 0 Å². The number of aryl methyl sites for hydroxylation is 1. The van der Waals surface area contributed by atoms with E-state index in [2.05, 4.69) is 53.2 Å². The highest BCUT2D eigenvalue weighted by molar-refractivity contribution is 9.09. The fraction of sp³-hybridized carbons (Fsp3) is 0.600. The fourth-order valence-corrected chi connectivity index (χ4v) is 3.24. The van der Waals surface area contributed by atoms with E-state index in [-0.39, 0.29) is 0 Å². The van der Waals surface area contributed by atoms with Gasteiger partial charge in [-0.25, -0.2) is 0 Å². The molecule has 0 amide bonds. The van der Waals surface area contributed by atoms with Crippen LogP contribution in [0.25, 0.3) is 0 Å².